The molecule has 4 nitrogen and oxygen atoms in total. The Hall–Kier alpha value is -0.870. The summed E-state index contributed by atoms with van der Waals surface area (Å²) < 4.78 is 0. The molecule has 1 amide bonds. The zero-order valence-corrected chi connectivity index (χ0v) is 10.9. The van der Waals surface area contributed by atoms with Crippen molar-refractivity contribution in [2.24, 2.45) is 0 Å². The Morgan fingerprint density at radius 1 is 1.53 bits per heavy atom. The summed E-state index contributed by atoms with van der Waals surface area (Å²) in [7, 11) is 2.04. The Kier molecular flexibility index (Phi) is 4.18. The van der Waals surface area contributed by atoms with E-state index in [4.69, 9.17) is 0 Å². The van der Waals surface area contributed by atoms with Gasteiger partial charge >= 0.3 is 0 Å². The van der Waals surface area contributed by atoms with Crippen molar-refractivity contribution in [2.45, 2.75) is 32.2 Å². The molecule has 0 unspecified atom stereocenters. The van der Waals surface area contributed by atoms with Crippen LogP contribution in [-0.2, 0) is 4.79 Å². The lowest BCUT2D eigenvalue weighted by molar-refractivity contribution is -0.130. The largest absolute Gasteiger partial charge is 0.316 e. The maximum absolute atomic E-state index is 12.2. The normalized spacial score (nSPS) is 20.3. The van der Waals surface area contributed by atoms with Crippen LogP contribution in [0.2, 0.25) is 0 Å². The van der Waals surface area contributed by atoms with Gasteiger partial charge < -0.3 is 10.2 Å². The first-order chi connectivity index (χ1) is 8.22. The molecule has 0 atom stereocenters. The van der Waals surface area contributed by atoms with Gasteiger partial charge in [-0.2, -0.15) is 0 Å². The van der Waals surface area contributed by atoms with Crippen LogP contribution in [0.3, 0.4) is 0 Å². The number of allylic oxidation sites excluding steroid dienone is 2. The molecule has 1 fully saturated rings. The Balaban J connectivity index is 1.87. The van der Waals surface area contributed by atoms with E-state index in [0.717, 1.165) is 32.5 Å². The molecule has 1 aliphatic carbocycles. The van der Waals surface area contributed by atoms with E-state index in [1.165, 1.54) is 12.1 Å². The minimum absolute atomic E-state index is 0.245. The molecule has 1 N–H and O–H groups in total. The van der Waals surface area contributed by atoms with E-state index in [1.807, 2.05) is 11.9 Å². The first kappa shape index (κ1) is 12.6. The number of nitrogens with zero attached hydrogens (tertiary/aromatic N) is 2. The maximum atomic E-state index is 12.2. The van der Waals surface area contributed by atoms with E-state index in [2.05, 4.69) is 23.2 Å². The Morgan fingerprint density at radius 2 is 2.29 bits per heavy atom. The molecule has 1 aliphatic heterocycles. The smallest absolute Gasteiger partial charge is 0.240 e. The number of rotatable bonds is 5. The van der Waals surface area contributed by atoms with Crippen molar-refractivity contribution in [1.82, 2.24) is 15.1 Å². The Labute approximate surface area is 104 Å². The van der Waals surface area contributed by atoms with Gasteiger partial charge in [0.25, 0.3) is 0 Å². The Bertz CT molecular complexity index is 310. The van der Waals surface area contributed by atoms with E-state index in [0.29, 0.717) is 12.6 Å². The molecule has 0 bridgehead atoms. The van der Waals surface area contributed by atoms with Gasteiger partial charge in [0.1, 0.15) is 0 Å². The molecular formula is C13H23N3O. The van der Waals surface area contributed by atoms with Gasteiger partial charge in [-0.15, -0.1) is 0 Å². The van der Waals surface area contributed by atoms with E-state index in [-0.39, 0.29) is 5.91 Å². The van der Waals surface area contributed by atoms with E-state index in [9.17, 15) is 4.79 Å². The first-order valence-electron chi connectivity index (χ1n) is 6.62. The molecule has 0 aromatic heterocycles. The van der Waals surface area contributed by atoms with Crippen LogP contribution in [0.25, 0.3) is 0 Å². The van der Waals surface area contributed by atoms with Crippen LogP contribution in [-0.4, -0.2) is 55.0 Å². The molecule has 0 aromatic rings. The van der Waals surface area contributed by atoms with Crippen molar-refractivity contribution in [2.75, 3.05) is 33.2 Å². The van der Waals surface area contributed by atoms with E-state index >= 15 is 0 Å². The molecule has 0 spiro atoms. The highest BCUT2D eigenvalue weighted by atomic mass is 16.2. The summed E-state index contributed by atoms with van der Waals surface area (Å²) in [6.07, 6.45) is 5.60. The van der Waals surface area contributed by atoms with Crippen molar-refractivity contribution in [3.05, 3.63) is 11.8 Å². The number of likely N-dealkylation sites (N-methyl/N-ethyl adjacent to an activating group) is 2. The third-order valence-corrected chi connectivity index (χ3v) is 3.75. The number of nitrogens with one attached hydrogen (secondary N) is 1. The van der Waals surface area contributed by atoms with E-state index < -0.39 is 0 Å². The van der Waals surface area contributed by atoms with Crippen LogP contribution in [0.1, 0.15) is 26.2 Å². The van der Waals surface area contributed by atoms with Gasteiger partial charge in [-0.1, -0.05) is 6.08 Å². The monoisotopic (exact) mass is 237 g/mol. The van der Waals surface area contributed by atoms with Gasteiger partial charge in [-0.05, 0) is 33.2 Å². The van der Waals surface area contributed by atoms with Crippen LogP contribution < -0.4 is 5.32 Å². The number of hydrogen-bond acceptors (Lipinski definition) is 3. The fourth-order valence-electron chi connectivity index (χ4n) is 2.45. The minimum atomic E-state index is 0.245. The highest BCUT2D eigenvalue weighted by Crippen LogP contribution is 2.21. The van der Waals surface area contributed by atoms with Gasteiger partial charge in [-0.3, -0.25) is 9.69 Å². The summed E-state index contributed by atoms with van der Waals surface area (Å²) in [5.41, 5.74) is 1.23. The van der Waals surface area contributed by atoms with Crippen LogP contribution >= 0.6 is 0 Å². The van der Waals surface area contributed by atoms with Crippen LogP contribution in [0.15, 0.2) is 11.8 Å². The summed E-state index contributed by atoms with van der Waals surface area (Å²) in [5, 5.41) is 3.24. The first-order valence-corrected chi connectivity index (χ1v) is 6.62. The molecule has 2 aliphatic rings. The topological polar surface area (TPSA) is 35.6 Å². The summed E-state index contributed by atoms with van der Waals surface area (Å²) >= 11 is 0. The van der Waals surface area contributed by atoms with Gasteiger partial charge in [0, 0.05) is 31.4 Å². The van der Waals surface area contributed by atoms with Crippen molar-refractivity contribution >= 4 is 5.91 Å². The van der Waals surface area contributed by atoms with Gasteiger partial charge in [0.05, 0.1) is 6.54 Å². The number of hydrogen-bond donors (Lipinski definition) is 1. The summed E-state index contributed by atoms with van der Waals surface area (Å²) in [6.45, 7) is 5.41. The van der Waals surface area contributed by atoms with Gasteiger partial charge in [0.15, 0.2) is 0 Å². The van der Waals surface area contributed by atoms with E-state index in [1.54, 1.807) is 0 Å². The lowest BCUT2D eigenvalue weighted by Crippen LogP contribution is -2.57. The molecule has 2 rings (SSSR count). The quantitative estimate of drug-likeness (QED) is 0.768. The number of carbonyl (C=O) groups is 1. The zero-order chi connectivity index (χ0) is 12.3. The molecule has 96 valence electrons. The third kappa shape index (κ3) is 2.87. The average Bonchev–Trinajstić information content (AvgIpc) is 2.68. The fraction of sp³-hybridized carbons (Fsp3) is 0.769. The number of carbonyl (C=O) groups excluding carboxylic acids is 1. The molecule has 0 radical (unpaired) electrons. The second-order valence-electron chi connectivity index (χ2n) is 4.95. The minimum Gasteiger partial charge on any atom is -0.316 e. The van der Waals surface area contributed by atoms with Crippen molar-refractivity contribution in [3.63, 3.8) is 0 Å². The highest BCUT2D eigenvalue weighted by Gasteiger charge is 2.25. The molecule has 4 heteroatoms. The Morgan fingerprint density at radius 3 is 2.76 bits per heavy atom. The summed E-state index contributed by atoms with van der Waals surface area (Å²) in [6, 6.07) is 0.537. The van der Waals surface area contributed by atoms with Gasteiger partial charge in [0.2, 0.25) is 5.91 Å². The lowest BCUT2D eigenvalue weighted by Gasteiger charge is -2.36. The zero-order valence-electron chi connectivity index (χ0n) is 10.9. The predicted octanol–water partition coefficient (Wildman–Crippen LogP) is 0.806. The summed E-state index contributed by atoms with van der Waals surface area (Å²) in [5.74, 6) is 0.245. The van der Waals surface area contributed by atoms with Crippen LogP contribution in [0, 0.1) is 0 Å². The fourth-order valence-corrected chi connectivity index (χ4v) is 2.45. The summed E-state index contributed by atoms with van der Waals surface area (Å²) in [4.78, 5) is 16.4. The highest BCUT2D eigenvalue weighted by molar-refractivity contribution is 5.80. The predicted molar refractivity (Wildman–Crippen MR) is 68.6 cm³/mol. The molecule has 17 heavy (non-hydrogen) atoms. The third-order valence-electron chi connectivity index (χ3n) is 3.75. The molecule has 0 saturated carbocycles. The average molecular weight is 237 g/mol. The molecule has 0 aromatic carbocycles. The molecule has 1 heterocycles. The second-order valence-corrected chi connectivity index (χ2v) is 4.95. The molecular weight excluding hydrogens is 214 g/mol. The molecule has 1 saturated heterocycles. The van der Waals surface area contributed by atoms with Gasteiger partial charge in [-0.25, -0.2) is 0 Å². The van der Waals surface area contributed by atoms with Crippen molar-refractivity contribution in [1.29, 1.82) is 0 Å². The second kappa shape index (κ2) is 5.65. The maximum Gasteiger partial charge on any atom is 0.240 e. The SMILES string of the molecule is CCN(C(=O)CN(C)C1CNC1)C1=CCCC1. The van der Waals surface area contributed by atoms with Crippen molar-refractivity contribution < 1.29 is 4.79 Å². The van der Waals surface area contributed by atoms with Crippen LogP contribution in [0.4, 0.5) is 0 Å². The standard InChI is InChI=1S/C13H23N3O/c1-3-16(11-6-4-5-7-11)13(17)10-15(2)12-8-14-9-12/h6,12,14H,3-5,7-10H2,1-2H3. The van der Waals surface area contributed by atoms with Crippen molar-refractivity contribution in [3.8, 4) is 0 Å². The lowest BCUT2D eigenvalue weighted by atomic mass is 10.1. The van der Waals surface area contributed by atoms with Crippen LogP contribution in [0.5, 0.6) is 0 Å². The number of amides is 1.